The van der Waals surface area contributed by atoms with E-state index in [1.807, 2.05) is 0 Å². The molecule has 1 aromatic rings. The number of ether oxygens (including phenoxy) is 1. The van der Waals surface area contributed by atoms with Crippen LogP contribution in [0.3, 0.4) is 0 Å². The van der Waals surface area contributed by atoms with Crippen LogP contribution >= 0.6 is 11.6 Å². The molecule has 2 amide bonds. The molecule has 15 heteroatoms. The molecule has 0 spiro atoms. The van der Waals surface area contributed by atoms with Crippen LogP contribution in [0.5, 0.6) is 0 Å². The van der Waals surface area contributed by atoms with Gasteiger partial charge in [-0.3, -0.25) is 15.1 Å². The number of rotatable bonds is 3. The maximum Gasteiger partial charge on any atom is 0.417 e. The van der Waals surface area contributed by atoms with Gasteiger partial charge in [0.15, 0.2) is 0 Å². The Morgan fingerprint density at radius 2 is 1.83 bits per heavy atom. The zero-order valence-corrected chi connectivity index (χ0v) is 25.4. The number of alkyl halides is 4. The van der Waals surface area contributed by atoms with Crippen molar-refractivity contribution in [2.45, 2.75) is 81.4 Å². The molecule has 4 rings (SSSR count). The molecule has 3 aliphatic rings. The van der Waals surface area contributed by atoms with Crippen LogP contribution in [0.2, 0.25) is 5.02 Å². The van der Waals surface area contributed by atoms with Crippen LogP contribution in [0, 0.1) is 5.92 Å². The number of carbonyl (C=O) groups is 2. The highest BCUT2D eigenvalue weighted by molar-refractivity contribution is 7.96. The number of fused-ring (bicyclic) bond motifs is 1. The topological polar surface area (TPSA) is 122 Å². The molecule has 5 atom stereocenters. The first-order valence-corrected chi connectivity index (χ1v) is 15.0. The number of nitrogens with one attached hydrogen (secondary N) is 2. The van der Waals surface area contributed by atoms with Crippen molar-refractivity contribution in [1.29, 1.82) is 0 Å². The number of amides is 2. The van der Waals surface area contributed by atoms with Gasteiger partial charge in [-0.05, 0) is 66.2 Å². The van der Waals surface area contributed by atoms with E-state index in [0.29, 0.717) is 18.7 Å². The minimum atomic E-state index is -4.70. The van der Waals surface area contributed by atoms with Crippen molar-refractivity contribution in [2.24, 2.45) is 15.3 Å². The van der Waals surface area contributed by atoms with Crippen molar-refractivity contribution in [2.75, 3.05) is 6.54 Å². The molecule has 0 fully saturated rings. The lowest BCUT2D eigenvalue weighted by Gasteiger charge is -2.48. The van der Waals surface area contributed by atoms with Gasteiger partial charge >= 0.3 is 12.3 Å². The van der Waals surface area contributed by atoms with E-state index in [0.717, 1.165) is 0 Å². The molecule has 3 heterocycles. The average Bonchev–Trinajstić information content (AvgIpc) is 3.26. The number of carbonyl (C=O) groups excluding carboxylic acids is 2. The zero-order chi connectivity index (χ0) is 31.5. The van der Waals surface area contributed by atoms with Gasteiger partial charge in [-0.1, -0.05) is 17.7 Å². The van der Waals surface area contributed by atoms with E-state index >= 15 is 4.39 Å². The molecule has 0 saturated heterocycles. The van der Waals surface area contributed by atoms with Gasteiger partial charge < -0.3 is 10.1 Å². The summed E-state index contributed by atoms with van der Waals surface area (Å²) in [7, 11) is -3.10. The second-order valence-corrected chi connectivity index (χ2v) is 15.4. The third kappa shape index (κ3) is 5.79. The predicted molar refractivity (Wildman–Crippen MR) is 150 cm³/mol. The van der Waals surface area contributed by atoms with Gasteiger partial charge in [-0.15, -0.1) is 0 Å². The molecule has 1 aromatic heterocycles. The SMILES string of the molecule is CC(C)(C)OC(=O)NC1=N[C@](C)(C2C=C(NC(=O)c3ncc(C(F)(F)F)cc3Cl)C=CC2F)[C@@H]2CCN=[S@]2(=O)C1(C)C. The molecule has 1 aliphatic carbocycles. The molecule has 42 heavy (non-hydrogen) atoms. The first kappa shape index (κ1) is 31.9. The van der Waals surface area contributed by atoms with Crippen molar-refractivity contribution >= 4 is 39.2 Å². The van der Waals surface area contributed by atoms with Gasteiger partial charge in [0.1, 0.15) is 28.0 Å². The van der Waals surface area contributed by atoms with E-state index in [1.54, 1.807) is 41.5 Å². The number of aliphatic imine (C=N–C) groups is 1. The van der Waals surface area contributed by atoms with Crippen LogP contribution in [-0.4, -0.2) is 60.9 Å². The lowest BCUT2D eigenvalue weighted by atomic mass is 9.76. The summed E-state index contributed by atoms with van der Waals surface area (Å²) in [6.45, 7) is 10.2. The highest BCUT2D eigenvalue weighted by Crippen LogP contribution is 2.48. The number of hydrogen-bond acceptors (Lipinski definition) is 7. The molecule has 2 unspecified atom stereocenters. The summed E-state index contributed by atoms with van der Waals surface area (Å²) in [5.74, 6) is -1.95. The fourth-order valence-corrected chi connectivity index (χ4v) is 8.82. The minimum Gasteiger partial charge on any atom is -0.444 e. The van der Waals surface area contributed by atoms with Crippen LogP contribution < -0.4 is 10.6 Å². The summed E-state index contributed by atoms with van der Waals surface area (Å²) in [4.78, 5) is 34.0. The molecule has 2 aliphatic heterocycles. The van der Waals surface area contributed by atoms with Gasteiger partial charge in [0.25, 0.3) is 5.91 Å². The van der Waals surface area contributed by atoms with Crippen molar-refractivity contribution in [3.63, 3.8) is 0 Å². The second kappa shape index (κ2) is 10.6. The van der Waals surface area contributed by atoms with E-state index in [-0.39, 0.29) is 18.1 Å². The third-order valence-electron chi connectivity index (χ3n) is 7.46. The van der Waals surface area contributed by atoms with Crippen molar-refractivity contribution in [3.05, 3.63) is 52.5 Å². The Labute approximate surface area is 246 Å². The summed E-state index contributed by atoms with van der Waals surface area (Å²) >= 11 is 5.92. The largest absolute Gasteiger partial charge is 0.444 e. The number of nitrogens with zero attached hydrogens (tertiary/aromatic N) is 3. The second-order valence-electron chi connectivity index (χ2n) is 12.0. The summed E-state index contributed by atoms with van der Waals surface area (Å²) in [6, 6.07) is 0.591. The van der Waals surface area contributed by atoms with Crippen LogP contribution in [0.15, 0.2) is 45.5 Å². The monoisotopic (exact) mass is 633 g/mol. The molecule has 0 bridgehead atoms. The number of allylic oxidation sites excluding steroid dienone is 2. The van der Waals surface area contributed by atoms with E-state index in [1.165, 1.54) is 18.2 Å². The van der Waals surface area contributed by atoms with Gasteiger partial charge in [0.2, 0.25) is 0 Å². The Kier molecular flexibility index (Phi) is 8.07. The maximum absolute atomic E-state index is 15.6. The molecule has 2 N–H and O–H groups in total. The molecular formula is C27H32ClF4N5O4S. The summed E-state index contributed by atoms with van der Waals surface area (Å²) in [5.41, 5.74) is -3.67. The fourth-order valence-electron chi connectivity index (χ4n) is 5.32. The van der Waals surface area contributed by atoms with E-state index in [9.17, 15) is 27.0 Å². The summed E-state index contributed by atoms with van der Waals surface area (Å²) in [6.07, 6.45) is -2.39. The lowest BCUT2D eigenvalue weighted by molar-refractivity contribution is -0.137. The number of aromatic nitrogens is 1. The van der Waals surface area contributed by atoms with E-state index in [4.69, 9.17) is 21.3 Å². The summed E-state index contributed by atoms with van der Waals surface area (Å²) < 4.78 is 77.7. The minimum absolute atomic E-state index is 0.0348. The van der Waals surface area contributed by atoms with Crippen LogP contribution in [0.1, 0.15) is 64.0 Å². The first-order chi connectivity index (χ1) is 19.2. The van der Waals surface area contributed by atoms with Crippen LogP contribution in [0.25, 0.3) is 0 Å². The van der Waals surface area contributed by atoms with E-state index in [2.05, 4.69) is 20.0 Å². The average molecular weight is 634 g/mol. The fraction of sp³-hybridized carbons (Fsp3) is 0.556. The van der Waals surface area contributed by atoms with Crippen molar-refractivity contribution in [1.82, 2.24) is 15.6 Å². The number of hydrogen-bond donors (Lipinski definition) is 2. The zero-order valence-electron chi connectivity index (χ0n) is 23.8. The van der Waals surface area contributed by atoms with Gasteiger partial charge in [-0.2, -0.15) is 13.2 Å². The quantitative estimate of drug-likeness (QED) is 0.419. The standard InChI is InChI=1S/C27H32ClF4N5O4S/c1-24(2,3)41-23(39)36-22-25(4,5)42(40)19(9-10-34-42)26(6,37-22)16-12-15(7-8-18(16)29)35-21(38)20-17(28)11-14(13-33-20)27(30,31)32/h7-8,11-13,16,18-19H,9-10H2,1-6H3,(H,35,38)(H,36,37,39)/t16?,18?,19-,26+,42+/m0/s1. The smallest absolute Gasteiger partial charge is 0.417 e. The highest BCUT2D eigenvalue weighted by atomic mass is 35.5. The number of halogens is 5. The van der Waals surface area contributed by atoms with Gasteiger partial charge in [-0.25, -0.2) is 22.7 Å². The maximum atomic E-state index is 15.6. The Morgan fingerprint density at radius 3 is 2.43 bits per heavy atom. The van der Waals surface area contributed by atoms with E-state index < -0.39 is 77.4 Å². The predicted octanol–water partition coefficient (Wildman–Crippen LogP) is 5.61. The Balaban J connectivity index is 1.70. The lowest BCUT2D eigenvalue weighted by Crippen LogP contribution is -2.64. The Hall–Kier alpha value is -3.00. The molecular weight excluding hydrogens is 602 g/mol. The normalized spacial score (nSPS) is 30.4. The van der Waals surface area contributed by atoms with Crippen LogP contribution in [0.4, 0.5) is 22.4 Å². The molecule has 9 nitrogen and oxygen atoms in total. The molecule has 230 valence electrons. The summed E-state index contributed by atoms with van der Waals surface area (Å²) in [5, 5.41) is 3.91. The Bertz CT molecular complexity index is 1520. The molecule has 0 radical (unpaired) electrons. The van der Waals surface area contributed by atoms with Crippen LogP contribution in [-0.2, 0) is 20.6 Å². The van der Waals surface area contributed by atoms with Gasteiger partial charge in [0.05, 0.1) is 31.1 Å². The highest BCUT2D eigenvalue weighted by Gasteiger charge is 2.60. The number of amidine groups is 1. The first-order valence-electron chi connectivity index (χ1n) is 13.1. The van der Waals surface area contributed by atoms with Gasteiger partial charge in [0, 0.05) is 24.4 Å². The Morgan fingerprint density at radius 1 is 1.17 bits per heavy atom. The molecule has 0 saturated carbocycles. The third-order valence-corrected chi connectivity index (χ3v) is 11.5. The number of pyridine rings is 1. The number of alkyl carbamates (subject to hydrolysis) is 1. The van der Waals surface area contributed by atoms with Crippen molar-refractivity contribution in [3.8, 4) is 0 Å². The van der Waals surface area contributed by atoms with Crippen molar-refractivity contribution < 1.29 is 36.1 Å². The molecule has 0 aromatic carbocycles.